The van der Waals surface area contributed by atoms with E-state index >= 15 is 0 Å². The highest BCUT2D eigenvalue weighted by atomic mass is 16.6. The molecule has 2 heterocycles. The lowest BCUT2D eigenvalue weighted by Gasteiger charge is -2.31. The van der Waals surface area contributed by atoms with Crippen molar-refractivity contribution in [3.63, 3.8) is 0 Å². The Balaban J connectivity index is 1.81. The normalized spacial score (nSPS) is 14.4. The number of benzene rings is 1. The molecule has 128 valence electrons. The van der Waals surface area contributed by atoms with Crippen molar-refractivity contribution in [3.8, 4) is 0 Å². The number of hydrogen-bond donors (Lipinski definition) is 0. The molecule has 0 saturated carbocycles. The van der Waals surface area contributed by atoms with Gasteiger partial charge in [-0.15, -0.1) is 0 Å². The first-order valence-corrected chi connectivity index (χ1v) is 8.53. The molecule has 0 spiro atoms. The number of carbonyl (C=O) groups excluding carboxylic acids is 1. The second-order valence-corrected chi connectivity index (χ2v) is 7.48. The molecule has 1 aliphatic heterocycles. The fraction of sp³-hybridized carbons (Fsp3) is 0.450. The minimum absolute atomic E-state index is 0.224. The number of nitrogens with zero attached hydrogens (tertiary/aromatic N) is 2. The Morgan fingerprint density at radius 3 is 2.58 bits per heavy atom. The van der Waals surface area contributed by atoms with Crippen LogP contribution in [-0.2, 0) is 24.2 Å². The third-order valence-electron chi connectivity index (χ3n) is 4.33. The molecular weight excluding hydrogens is 300 g/mol. The van der Waals surface area contributed by atoms with Crippen molar-refractivity contribution in [2.45, 2.75) is 52.8 Å². The predicted octanol–water partition coefficient (Wildman–Crippen LogP) is 4.14. The Bertz CT molecular complexity index is 726. The Morgan fingerprint density at radius 2 is 1.92 bits per heavy atom. The van der Waals surface area contributed by atoms with Gasteiger partial charge in [-0.2, -0.15) is 0 Å². The summed E-state index contributed by atoms with van der Waals surface area (Å²) in [6.45, 7) is 10.0. The van der Waals surface area contributed by atoms with E-state index in [9.17, 15) is 4.79 Å². The molecule has 0 fully saturated rings. The molecule has 1 aromatic carbocycles. The fourth-order valence-electron chi connectivity index (χ4n) is 3.19. The maximum atomic E-state index is 12.4. The lowest BCUT2D eigenvalue weighted by atomic mass is 10.1. The van der Waals surface area contributed by atoms with Crippen molar-refractivity contribution < 1.29 is 9.53 Å². The second-order valence-electron chi connectivity index (χ2n) is 7.48. The largest absolute Gasteiger partial charge is 0.444 e. The number of rotatable bonds is 2. The zero-order chi connectivity index (χ0) is 17.3. The van der Waals surface area contributed by atoms with Gasteiger partial charge in [-0.05, 0) is 51.3 Å². The van der Waals surface area contributed by atoms with E-state index in [0.717, 1.165) is 19.5 Å². The van der Waals surface area contributed by atoms with E-state index in [-0.39, 0.29) is 6.09 Å². The summed E-state index contributed by atoms with van der Waals surface area (Å²) < 4.78 is 7.86. The first-order valence-electron chi connectivity index (χ1n) is 8.53. The van der Waals surface area contributed by atoms with Gasteiger partial charge in [0, 0.05) is 24.5 Å². The Labute approximate surface area is 144 Å². The Morgan fingerprint density at radius 1 is 1.21 bits per heavy atom. The van der Waals surface area contributed by atoms with Crippen LogP contribution in [0.15, 0.2) is 36.4 Å². The van der Waals surface area contributed by atoms with E-state index in [4.69, 9.17) is 4.74 Å². The van der Waals surface area contributed by atoms with Crippen molar-refractivity contribution in [1.82, 2.24) is 9.47 Å². The number of hydrogen-bond acceptors (Lipinski definition) is 2. The monoisotopic (exact) mass is 326 g/mol. The molecule has 2 aromatic rings. The van der Waals surface area contributed by atoms with Crippen molar-refractivity contribution in [2.75, 3.05) is 6.54 Å². The SMILES string of the molecule is Cc1cc2c(n1Cc1ccccc1)CN(C(=O)OC(C)(C)C)CC2. The lowest BCUT2D eigenvalue weighted by molar-refractivity contribution is 0.0219. The standard InChI is InChI=1S/C20H26N2O2/c1-15-12-17-10-11-21(19(23)24-20(2,3)4)14-18(17)22(15)13-16-8-6-5-7-9-16/h5-9,12H,10-11,13-14H2,1-4H3. The molecule has 1 aromatic heterocycles. The average molecular weight is 326 g/mol. The highest BCUT2D eigenvalue weighted by molar-refractivity contribution is 5.68. The smallest absolute Gasteiger partial charge is 0.410 e. The number of fused-ring (bicyclic) bond motifs is 1. The number of amides is 1. The summed E-state index contributed by atoms with van der Waals surface area (Å²) in [6, 6.07) is 12.7. The predicted molar refractivity (Wildman–Crippen MR) is 95.1 cm³/mol. The molecule has 1 aliphatic rings. The van der Waals surface area contributed by atoms with Crippen LogP contribution in [0.25, 0.3) is 0 Å². The van der Waals surface area contributed by atoms with E-state index in [1.807, 2.05) is 31.7 Å². The maximum absolute atomic E-state index is 12.4. The van der Waals surface area contributed by atoms with Crippen LogP contribution in [0.3, 0.4) is 0 Å². The summed E-state index contributed by atoms with van der Waals surface area (Å²) in [7, 11) is 0. The van der Waals surface area contributed by atoms with Gasteiger partial charge in [0.2, 0.25) is 0 Å². The van der Waals surface area contributed by atoms with Crippen LogP contribution in [0.2, 0.25) is 0 Å². The molecule has 0 N–H and O–H groups in total. The summed E-state index contributed by atoms with van der Waals surface area (Å²) in [5.41, 5.74) is 4.64. The van der Waals surface area contributed by atoms with Gasteiger partial charge in [0.25, 0.3) is 0 Å². The number of aryl methyl sites for hydroxylation is 1. The van der Waals surface area contributed by atoms with Gasteiger partial charge in [0.1, 0.15) is 5.60 Å². The topological polar surface area (TPSA) is 34.5 Å². The van der Waals surface area contributed by atoms with Crippen LogP contribution >= 0.6 is 0 Å². The molecule has 0 atom stereocenters. The van der Waals surface area contributed by atoms with Crippen molar-refractivity contribution in [3.05, 3.63) is 58.9 Å². The summed E-state index contributed by atoms with van der Waals surface area (Å²) in [6.07, 6.45) is 0.662. The van der Waals surface area contributed by atoms with Gasteiger partial charge >= 0.3 is 6.09 Å². The van der Waals surface area contributed by atoms with Crippen molar-refractivity contribution in [2.24, 2.45) is 0 Å². The molecule has 24 heavy (non-hydrogen) atoms. The van der Waals surface area contributed by atoms with E-state index in [0.29, 0.717) is 6.54 Å². The van der Waals surface area contributed by atoms with Crippen molar-refractivity contribution in [1.29, 1.82) is 0 Å². The summed E-state index contributed by atoms with van der Waals surface area (Å²) in [5, 5.41) is 0. The highest BCUT2D eigenvalue weighted by Gasteiger charge is 2.28. The van der Waals surface area contributed by atoms with E-state index in [1.165, 1.54) is 22.5 Å². The van der Waals surface area contributed by atoms with Gasteiger partial charge in [0.05, 0.1) is 6.54 Å². The van der Waals surface area contributed by atoms with Gasteiger partial charge in [0.15, 0.2) is 0 Å². The van der Waals surface area contributed by atoms with Crippen LogP contribution < -0.4 is 0 Å². The van der Waals surface area contributed by atoms with Crippen LogP contribution in [0.1, 0.15) is 43.3 Å². The van der Waals surface area contributed by atoms with Gasteiger partial charge in [-0.25, -0.2) is 4.79 Å². The Hall–Kier alpha value is -2.23. The van der Waals surface area contributed by atoms with Gasteiger partial charge in [-0.1, -0.05) is 30.3 Å². The molecule has 4 nitrogen and oxygen atoms in total. The van der Waals surface area contributed by atoms with E-state index < -0.39 is 5.60 Å². The van der Waals surface area contributed by atoms with Crippen LogP contribution in [-0.4, -0.2) is 27.7 Å². The molecule has 0 bridgehead atoms. The molecular formula is C20H26N2O2. The third-order valence-corrected chi connectivity index (χ3v) is 4.33. The molecule has 0 saturated heterocycles. The summed E-state index contributed by atoms with van der Waals surface area (Å²) in [5.74, 6) is 0. The molecule has 4 heteroatoms. The van der Waals surface area contributed by atoms with Crippen molar-refractivity contribution >= 4 is 6.09 Å². The maximum Gasteiger partial charge on any atom is 0.410 e. The number of carbonyl (C=O) groups is 1. The number of aromatic nitrogens is 1. The van der Waals surface area contributed by atoms with E-state index in [2.05, 4.69) is 41.8 Å². The third kappa shape index (κ3) is 3.64. The minimum Gasteiger partial charge on any atom is -0.444 e. The molecule has 3 rings (SSSR count). The zero-order valence-corrected chi connectivity index (χ0v) is 15.0. The van der Waals surface area contributed by atoms with Crippen LogP contribution in [0.5, 0.6) is 0 Å². The Kier molecular flexibility index (Phi) is 4.39. The first kappa shape index (κ1) is 16.6. The minimum atomic E-state index is -0.459. The summed E-state index contributed by atoms with van der Waals surface area (Å²) >= 11 is 0. The lowest BCUT2D eigenvalue weighted by Crippen LogP contribution is -2.40. The molecule has 0 unspecified atom stereocenters. The molecule has 1 amide bonds. The van der Waals surface area contributed by atoms with E-state index in [1.54, 1.807) is 0 Å². The molecule has 0 aliphatic carbocycles. The zero-order valence-electron chi connectivity index (χ0n) is 15.0. The van der Waals surface area contributed by atoms with Gasteiger partial charge < -0.3 is 14.2 Å². The first-order chi connectivity index (χ1) is 11.3. The number of ether oxygens (including phenoxy) is 1. The average Bonchev–Trinajstić information content (AvgIpc) is 2.82. The second kappa shape index (κ2) is 6.34. The van der Waals surface area contributed by atoms with Gasteiger partial charge in [-0.3, -0.25) is 0 Å². The summed E-state index contributed by atoms with van der Waals surface area (Å²) in [4.78, 5) is 14.2. The van der Waals surface area contributed by atoms with Crippen LogP contribution in [0.4, 0.5) is 4.79 Å². The fourth-order valence-corrected chi connectivity index (χ4v) is 3.19. The molecule has 0 radical (unpaired) electrons. The highest BCUT2D eigenvalue weighted by Crippen LogP contribution is 2.25. The van der Waals surface area contributed by atoms with Crippen LogP contribution in [0, 0.1) is 6.92 Å². The quantitative estimate of drug-likeness (QED) is 0.831.